The lowest BCUT2D eigenvalue weighted by Crippen LogP contribution is -2.31. The van der Waals surface area contributed by atoms with Gasteiger partial charge in [-0.2, -0.15) is 0 Å². The second kappa shape index (κ2) is 5.45. The van der Waals surface area contributed by atoms with Gasteiger partial charge in [-0.25, -0.2) is 0 Å². The summed E-state index contributed by atoms with van der Waals surface area (Å²) >= 11 is 9.44. The van der Waals surface area contributed by atoms with E-state index < -0.39 is 0 Å². The zero-order chi connectivity index (χ0) is 13.4. The van der Waals surface area contributed by atoms with Gasteiger partial charge in [-0.3, -0.25) is 4.79 Å². The number of halogens is 2. The number of carbonyl (C=O) groups excluding carboxylic acids is 1. The molecule has 2 fully saturated rings. The van der Waals surface area contributed by atoms with Gasteiger partial charge < -0.3 is 5.32 Å². The molecule has 2 aliphatic rings. The minimum atomic E-state index is -0.0610. The van der Waals surface area contributed by atoms with Crippen molar-refractivity contribution in [3.8, 4) is 0 Å². The van der Waals surface area contributed by atoms with Gasteiger partial charge >= 0.3 is 0 Å². The second-order valence-corrected chi connectivity index (χ2v) is 7.09. The molecule has 4 heteroatoms. The highest BCUT2D eigenvalue weighted by molar-refractivity contribution is 9.10. The fourth-order valence-corrected chi connectivity index (χ4v) is 4.18. The average Bonchev–Trinajstić information content (AvgIpc) is 3.01. The molecule has 0 heterocycles. The van der Waals surface area contributed by atoms with Crippen LogP contribution in [0, 0.1) is 17.8 Å². The van der Waals surface area contributed by atoms with E-state index in [-0.39, 0.29) is 5.91 Å². The van der Waals surface area contributed by atoms with Crippen LogP contribution >= 0.6 is 27.5 Å². The monoisotopic (exact) mass is 341 g/mol. The number of amides is 1. The standard InChI is InChI=1S/C15H17BrClNO/c16-12-3-4-14(17)13(7-12)15(19)18-8-11-6-9-1-2-10(11)5-9/h3-4,7,9-11H,1-2,5-6,8H2,(H,18,19). The SMILES string of the molecule is O=C(NCC1CC2CCC1C2)c1cc(Br)ccc1Cl. The predicted octanol–water partition coefficient (Wildman–Crippen LogP) is 4.27. The van der Waals surface area contributed by atoms with Crippen molar-refractivity contribution < 1.29 is 4.79 Å². The average molecular weight is 343 g/mol. The third kappa shape index (κ3) is 2.82. The lowest BCUT2D eigenvalue weighted by molar-refractivity contribution is 0.0942. The van der Waals surface area contributed by atoms with Crippen molar-refractivity contribution >= 4 is 33.4 Å². The van der Waals surface area contributed by atoms with E-state index in [1.54, 1.807) is 12.1 Å². The van der Waals surface area contributed by atoms with E-state index in [0.29, 0.717) is 16.5 Å². The third-order valence-corrected chi connectivity index (χ3v) is 5.41. The molecule has 3 unspecified atom stereocenters. The van der Waals surface area contributed by atoms with Crippen LogP contribution < -0.4 is 5.32 Å². The molecule has 2 saturated carbocycles. The van der Waals surface area contributed by atoms with Gasteiger partial charge in [-0.1, -0.05) is 34.0 Å². The maximum Gasteiger partial charge on any atom is 0.252 e. The molecule has 0 aromatic heterocycles. The molecule has 19 heavy (non-hydrogen) atoms. The highest BCUT2D eigenvalue weighted by Gasteiger charge is 2.39. The number of hydrogen-bond acceptors (Lipinski definition) is 1. The molecule has 2 bridgehead atoms. The Balaban J connectivity index is 1.61. The van der Waals surface area contributed by atoms with Gasteiger partial charge in [0.05, 0.1) is 10.6 Å². The number of fused-ring (bicyclic) bond motifs is 2. The molecular weight excluding hydrogens is 326 g/mol. The maximum atomic E-state index is 12.2. The van der Waals surface area contributed by atoms with Gasteiger partial charge in [0.25, 0.3) is 5.91 Å². The van der Waals surface area contributed by atoms with Crippen molar-refractivity contribution in [1.29, 1.82) is 0 Å². The number of rotatable bonds is 3. The fraction of sp³-hybridized carbons (Fsp3) is 0.533. The van der Waals surface area contributed by atoms with Crippen LogP contribution in [0.2, 0.25) is 5.02 Å². The number of hydrogen-bond donors (Lipinski definition) is 1. The first kappa shape index (κ1) is 13.4. The Labute approximate surface area is 127 Å². The Morgan fingerprint density at radius 3 is 2.89 bits per heavy atom. The summed E-state index contributed by atoms with van der Waals surface area (Å²) < 4.78 is 0.877. The molecule has 1 N–H and O–H groups in total. The zero-order valence-electron chi connectivity index (χ0n) is 10.7. The van der Waals surface area contributed by atoms with Crippen LogP contribution in [0.25, 0.3) is 0 Å². The quantitative estimate of drug-likeness (QED) is 0.873. The summed E-state index contributed by atoms with van der Waals surface area (Å²) in [6.07, 6.45) is 5.41. The first-order valence-electron chi connectivity index (χ1n) is 6.86. The van der Waals surface area contributed by atoms with Gasteiger partial charge in [-0.15, -0.1) is 0 Å². The summed E-state index contributed by atoms with van der Waals surface area (Å²) in [5.74, 6) is 2.37. The smallest absolute Gasteiger partial charge is 0.252 e. The summed E-state index contributed by atoms with van der Waals surface area (Å²) in [6, 6.07) is 5.37. The van der Waals surface area contributed by atoms with Crippen LogP contribution in [0.5, 0.6) is 0 Å². The Morgan fingerprint density at radius 2 is 2.21 bits per heavy atom. The molecular formula is C15H17BrClNO. The van der Waals surface area contributed by atoms with Crippen molar-refractivity contribution in [3.63, 3.8) is 0 Å². The van der Waals surface area contributed by atoms with Crippen LogP contribution in [0.15, 0.2) is 22.7 Å². The Bertz CT molecular complexity index is 505. The molecule has 0 aliphatic heterocycles. The van der Waals surface area contributed by atoms with Crippen molar-refractivity contribution in [2.75, 3.05) is 6.54 Å². The molecule has 1 aromatic carbocycles. The Kier molecular flexibility index (Phi) is 3.86. The Morgan fingerprint density at radius 1 is 1.37 bits per heavy atom. The molecule has 0 saturated heterocycles. The van der Waals surface area contributed by atoms with Crippen LogP contribution in [0.3, 0.4) is 0 Å². The van der Waals surface area contributed by atoms with Crippen LogP contribution in [0.4, 0.5) is 0 Å². The van der Waals surface area contributed by atoms with Gasteiger partial charge in [-0.05, 0) is 55.2 Å². The molecule has 1 amide bonds. The summed E-state index contributed by atoms with van der Waals surface area (Å²) in [7, 11) is 0. The van der Waals surface area contributed by atoms with Gasteiger partial charge in [0.15, 0.2) is 0 Å². The van der Waals surface area contributed by atoms with Crippen molar-refractivity contribution in [2.45, 2.75) is 25.7 Å². The highest BCUT2D eigenvalue weighted by atomic mass is 79.9. The fourth-order valence-electron chi connectivity index (χ4n) is 3.62. The third-order valence-electron chi connectivity index (χ3n) is 4.58. The van der Waals surface area contributed by atoms with E-state index in [0.717, 1.165) is 22.9 Å². The van der Waals surface area contributed by atoms with E-state index in [9.17, 15) is 4.79 Å². The van der Waals surface area contributed by atoms with Crippen LogP contribution in [-0.4, -0.2) is 12.5 Å². The minimum Gasteiger partial charge on any atom is -0.352 e. The van der Waals surface area contributed by atoms with E-state index >= 15 is 0 Å². The van der Waals surface area contributed by atoms with Gasteiger partial charge in [0.2, 0.25) is 0 Å². The highest BCUT2D eigenvalue weighted by Crippen LogP contribution is 2.47. The Hall–Kier alpha value is -0.540. The molecule has 3 atom stereocenters. The zero-order valence-corrected chi connectivity index (χ0v) is 13.0. The summed E-state index contributed by atoms with van der Waals surface area (Å²) in [4.78, 5) is 12.2. The molecule has 2 aliphatic carbocycles. The van der Waals surface area contributed by atoms with Crippen LogP contribution in [0.1, 0.15) is 36.0 Å². The number of benzene rings is 1. The summed E-state index contributed by atoms with van der Waals surface area (Å²) in [5.41, 5.74) is 0.555. The van der Waals surface area contributed by atoms with Gasteiger partial charge in [0.1, 0.15) is 0 Å². The predicted molar refractivity (Wildman–Crippen MR) is 80.4 cm³/mol. The molecule has 2 nitrogen and oxygen atoms in total. The maximum absolute atomic E-state index is 12.2. The minimum absolute atomic E-state index is 0.0610. The van der Waals surface area contributed by atoms with E-state index in [4.69, 9.17) is 11.6 Å². The topological polar surface area (TPSA) is 29.1 Å². The van der Waals surface area contributed by atoms with Crippen molar-refractivity contribution in [1.82, 2.24) is 5.32 Å². The summed E-state index contributed by atoms with van der Waals surface area (Å²) in [5, 5.41) is 3.56. The van der Waals surface area contributed by atoms with E-state index in [1.165, 1.54) is 25.7 Å². The van der Waals surface area contributed by atoms with Gasteiger partial charge in [0, 0.05) is 11.0 Å². The first-order chi connectivity index (χ1) is 9.13. The lowest BCUT2D eigenvalue weighted by Gasteiger charge is -2.21. The largest absolute Gasteiger partial charge is 0.352 e. The number of nitrogens with one attached hydrogen (secondary N) is 1. The molecule has 1 aromatic rings. The van der Waals surface area contributed by atoms with E-state index in [2.05, 4.69) is 21.2 Å². The summed E-state index contributed by atoms with van der Waals surface area (Å²) in [6.45, 7) is 0.794. The van der Waals surface area contributed by atoms with Crippen molar-refractivity contribution in [2.24, 2.45) is 17.8 Å². The lowest BCUT2D eigenvalue weighted by atomic mass is 9.89. The first-order valence-corrected chi connectivity index (χ1v) is 8.04. The van der Waals surface area contributed by atoms with Crippen molar-refractivity contribution in [3.05, 3.63) is 33.3 Å². The van der Waals surface area contributed by atoms with Crippen LogP contribution in [-0.2, 0) is 0 Å². The molecule has 0 spiro atoms. The molecule has 0 radical (unpaired) electrons. The number of carbonyl (C=O) groups is 1. The molecule has 102 valence electrons. The van der Waals surface area contributed by atoms with E-state index in [1.807, 2.05) is 6.07 Å². The normalized spacial score (nSPS) is 28.6. The second-order valence-electron chi connectivity index (χ2n) is 5.77. The molecule has 3 rings (SSSR count).